The van der Waals surface area contributed by atoms with Crippen molar-refractivity contribution in [3.63, 3.8) is 0 Å². The van der Waals surface area contributed by atoms with Gasteiger partial charge >= 0.3 is 0 Å². The van der Waals surface area contributed by atoms with E-state index in [1.165, 1.54) is 16.7 Å². The second-order valence-corrected chi connectivity index (χ2v) is 9.29. The summed E-state index contributed by atoms with van der Waals surface area (Å²) in [6.45, 7) is 3.13. The van der Waals surface area contributed by atoms with Gasteiger partial charge < -0.3 is 24.3 Å². The molecule has 1 aliphatic rings. The van der Waals surface area contributed by atoms with Gasteiger partial charge in [-0.3, -0.25) is 9.59 Å². The third-order valence-electron chi connectivity index (χ3n) is 5.10. The molecule has 11 heteroatoms. The van der Waals surface area contributed by atoms with Crippen molar-refractivity contribution in [2.75, 3.05) is 25.4 Å². The zero-order chi connectivity index (χ0) is 23.2. The summed E-state index contributed by atoms with van der Waals surface area (Å²) in [4.78, 5) is 27.5. The van der Waals surface area contributed by atoms with E-state index in [1.54, 1.807) is 11.3 Å². The monoisotopic (exact) mass is 487 g/mol. The molecule has 1 atom stereocenters. The van der Waals surface area contributed by atoms with Crippen LogP contribution in [-0.2, 0) is 23.2 Å². The minimum atomic E-state index is -0.387. The highest BCUT2D eigenvalue weighted by Crippen LogP contribution is 2.35. The van der Waals surface area contributed by atoms with Gasteiger partial charge in [-0.15, -0.1) is 21.5 Å². The molecule has 0 saturated carbocycles. The van der Waals surface area contributed by atoms with Crippen molar-refractivity contribution in [3.05, 3.63) is 52.5 Å². The molecule has 33 heavy (non-hydrogen) atoms. The van der Waals surface area contributed by atoms with Crippen molar-refractivity contribution in [1.82, 2.24) is 25.0 Å². The molecule has 0 aliphatic carbocycles. The molecule has 3 aromatic rings. The van der Waals surface area contributed by atoms with Gasteiger partial charge in [-0.25, -0.2) is 0 Å². The molecule has 0 fully saturated rings. The Hall–Kier alpha value is -3.05. The standard InChI is InChI=1S/C22H25N5O4S2/c1-3-27(12-19(28)23-11-15-7-6-10-32-15)20(29)14-33-22-25-24-21(26(22)2)18-13-30-16-8-4-5-9-17(16)31-18/h4-10,18H,3,11-14H2,1-2H3,(H,23,28). The van der Waals surface area contributed by atoms with Crippen molar-refractivity contribution < 1.29 is 19.1 Å². The predicted octanol–water partition coefficient (Wildman–Crippen LogP) is 2.65. The zero-order valence-electron chi connectivity index (χ0n) is 18.4. The molecule has 0 saturated heterocycles. The number of nitrogens with zero attached hydrogens (tertiary/aromatic N) is 4. The Morgan fingerprint density at radius 2 is 2.06 bits per heavy atom. The van der Waals surface area contributed by atoms with E-state index < -0.39 is 0 Å². The maximum absolute atomic E-state index is 12.7. The molecule has 1 aromatic carbocycles. The summed E-state index contributed by atoms with van der Waals surface area (Å²) in [6, 6.07) is 11.4. The maximum atomic E-state index is 12.7. The minimum Gasteiger partial charge on any atom is -0.485 e. The van der Waals surface area contributed by atoms with Crippen LogP contribution in [0.1, 0.15) is 23.7 Å². The smallest absolute Gasteiger partial charge is 0.239 e. The van der Waals surface area contributed by atoms with Crippen molar-refractivity contribution in [2.45, 2.75) is 24.7 Å². The predicted molar refractivity (Wildman–Crippen MR) is 125 cm³/mol. The van der Waals surface area contributed by atoms with Crippen LogP contribution in [0.3, 0.4) is 0 Å². The molecule has 0 radical (unpaired) electrons. The van der Waals surface area contributed by atoms with Crippen LogP contribution in [0.15, 0.2) is 46.9 Å². The number of rotatable bonds is 9. The summed E-state index contributed by atoms with van der Waals surface area (Å²) in [7, 11) is 1.83. The number of amides is 2. The van der Waals surface area contributed by atoms with Gasteiger partial charge in [-0.05, 0) is 30.5 Å². The Kier molecular flexibility index (Phi) is 7.50. The number of carbonyl (C=O) groups excluding carboxylic acids is 2. The third kappa shape index (κ3) is 5.66. The third-order valence-corrected chi connectivity index (χ3v) is 6.98. The first-order chi connectivity index (χ1) is 16.0. The highest BCUT2D eigenvalue weighted by atomic mass is 32.2. The lowest BCUT2D eigenvalue weighted by Gasteiger charge is -2.25. The lowest BCUT2D eigenvalue weighted by Crippen LogP contribution is -2.41. The van der Waals surface area contributed by atoms with Crippen molar-refractivity contribution in [2.24, 2.45) is 7.05 Å². The Morgan fingerprint density at radius 3 is 2.82 bits per heavy atom. The normalized spacial score (nSPS) is 14.7. The lowest BCUT2D eigenvalue weighted by atomic mass is 10.2. The number of thiophene rings is 1. The first-order valence-corrected chi connectivity index (χ1v) is 12.4. The average molecular weight is 488 g/mol. The number of para-hydroxylation sites is 2. The summed E-state index contributed by atoms with van der Waals surface area (Å²) in [5, 5.41) is 13.9. The molecule has 2 amide bonds. The average Bonchev–Trinajstić information content (AvgIpc) is 3.49. The van der Waals surface area contributed by atoms with Gasteiger partial charge in [0.05, 0.1) is 18.8 Å². The van der Waals surface area contributed by atoms with Crippen LogP contribution < -0.4 is 14.8 Å². The second-order valence-electron chi connectivity index (χ2n) is 7.32. The van der Waals surface area contributed by atoms with Crippen LogP contribution in [0.25, 0.3) is 0 Å². The summed E-state index contributed by atoms with van der Waals surface area (Å²) in [5.41, 5.74) is 0. The van der Waals surface area contributed by atoms with Crippen molar-refractivity contribution >= 4 is 34.9 Å². The van der Waals surface area contributed by atoms with E-state index in [-0.39, 0.29) is 30.2 Å². The fraction of sp³-hybridized carbons (Fsp3) is 0.364. The number of likely N-dealkylation sites (N-methyl/N-ethyl adjacent to an activating group) is 1. The SMILES string of the molecule is CCN(CC(=O)NCc1cccs1)C(=O)CSc1nnc(C2COc3ccccc3O2)n1C. The van der Waals surface area contributed by atoms with Crippen LogP contribution in [0, 0.1) is 0 Å². The molecule has 0 spiro atoms. The molecule has 1 aliphatic heterocycles. The summed E-state index contributed by atoms with van der Waals surface area (Å²) in [5.74, 6) is 1.83. The van der Waals surface area contributed by atoms with Gasteiger partial charge in [0.25, 0.3) is 0 Å². The minimum absolute atomic E-state index is 0.0258. The largest absolute Gasteiger partial charge is 0.485 e. The molecule has 1 N–H and O–H groups in total. The maximum Gasteiger partial charge on any atom is 0.239 e. The number of benzene rings is 1. The summed E-state index contributed by atoms with van der Waals surface area (Å²) in [6.07, 6.45) is -0.387. The first kappa shape index (κ1) is 23.1. The first-order valence-electron chi connectivity index (χ1n) is 10.5. The Balaban J connectivity index is 1.30. The highest BCUT2D eigenvalue weighted by Gasteiger charge is 2.28. The topological polar surface area (TPSA) is 98.6 Å². The van der Waals surface area contributed by atoms with Crippen LogP contribution >= 0.6 is 23.1 Å². The number of thioether (sulfide) groups is 1. The number of aromatic nitrogens is 3. The Bertz CT molecular complexity index is 1100. The Morgan fingerprint density at radius 1 is 1.24 bits per heavy atom. The van der Waals surface area contributed by atoms with Crippen LogP contribution in [0.5, 0.6) is 11.5 Å². The molecule has 174 valence electrons. The number of ether oxygens (including phenoxy) is 2. The zero-order valence-corrected chi connectivity index (χ0v) is 20.0. The molecule has 4 rings (SSSR count). The van der Waals surface area contributed by atoms with Gasteiger partial charge in [0.2, 0.25) is 11.8 Å². The summed E-state index contributed by atoms with van der Waals surface area (Å²) < 4.78 is 13.6. The second kappa shape index (κ2) is 10.7. The number of hydrogen-bond donors (Lipinski definition) is 1. The van der Waals surface area contributed by atoms with Gasteiger partial charge in [0, 0.05) is 18.5 Å². The molecule has 3 heterocycles. The highest BCUT2D eigenvalue weighted by molar-refractivity contribution is 7.99. The fourth-order valence-electron chi connectivity index (χ4n) is 3.30. The number of fused-ring (bicyclic) bond motifs is 1. The Labute approximate surface area is 200 Å². The molecule has 9 nitrogen and oxygen atoms in total. The lowest BCUT2D eigenvalue weighted by molar-refractivity contribution is -0.133. The number of hydrogen-bond acceptors (Lipinski definition) is 8. The molecular weight excluding hydrogens is 462 g/mol. The van der Waals surface area contributed by atoms with E-state index in [0.717, 1.165) is 4.88 Å². The van der Waals surface area contributed by atoms with E-state index in [9.17, 15) is 9.59 Å². The van der Waals surface area contributed by atoms with E-state index in [2.05, 4.69) is 15.5 Å². The van der Waals surface area contributed by atoms with Crippen LogP contribution in [0.4, 0.5) is 0 Å². The van der Waals surface area contributed by atoms with E-state index in [0.29, 0.717) is 42.2 Å². The summed E-state index contributed by atoms with van der Waals surface area (Å²) >= 11 is 2.86. The quantitative estimate of drug-likeness (QED) is 0.463. The molecular formula is C22H25N5O4S2. The molecule has 1 unspecified atom stereocenters. The van der Waals surface area contributed by atoms with Gasteiger partial charge in [0.1, 0.15) is 6.61 Å². The van der Waals surface area contributed by atoms with Gasteiger partial charge in [-0.2, -0.15) is 0 Å². The van der Waals surface area contributed by atoms with E-state index >= 15 is 0 Å². The van der Waals surface area contributed by atoms with Crippen molar-refractivity contribution in [1.29, 1.82) is 0 Å². The van der Waals surface area contributed by atoms with E-state index in [4.69, 9.17) is 9.47 Å². The van der Waals surface area contributed by atoms with E-state index in [1.807, 2.05) is 60.3 Å². The van der Waals surface area contributed by atoms with Crippen LogP contribution in [-0.4, -0.2) is 56.9 Å². The van der Waals surface area contributed by atoms with Crippen molar-refractivity contribution in [3.8, 4) is 11.5 Å². The fourth-order valence-corrected chi connectivity index (χ4v) is 4.77. The van der Waals surface area contributed by atoms with Gasteiger partial charge in [0.15, 0.2) is 28.6 Å². The molecule has 2 aromatic heterocycles. The number of nitrogens with one attached hydrogen (secondary N) is 1. The van der Waals surface area contributed by atoms with Crippen LogP contribution in [0.2, 0.25) is 0 Å². The van der Waals surface area contributed by atoms with Gasteiger partial charge in [-0.1, -0.05) is 30.0 Å². The number of carbonyl (C=O) groups is 2. The molecule has 0 bridgehead atoms.